The number of hydrogen-bond donors (Lipinski definition) is 2. The number of benzene rings is 2. The third-order valence-corrected chi connectivity index (χ3v) is 4.93. The number of amides is 2. The number of hydrogen-bond acceptors (Lipinski definition) is 3. The third kappa shape index (κ3) is 4.37. The van der Waals surface area contributed by atoms with E-state index in [1.165, 1.54) is 10.8 Å². The number of fused-ring (bicyclic) bond motifs is 1. The Balaban J connectivity index is 1.58. The monoisotopic (exact) mass is 339 g/mol. The van der Waals surface area contributed by atoms with Gasteiger partial charge in [-0.3, -0.25) is 14.5 Å². The number of piperidine rings is 1. The van der Waals surface area contributed by atoms with Crippen molar-refractivity contribution in [2.45, 2.75) is 25.8 Å². The lowest BCUT2D eigenvalue weighted by Gasteiger charge is -2.30. The molecule has 0 aliphatic carbocycles. The molecule has 1 aliphatic heterocycles. The second kappa shape index (κ2) is 7.66. The van der Waals surface area contributed by atoms with Crippen LogP contribution in [-0.2, 0) is 9.59 Å². The van der Waals surface area contributed by atoms with E-state index in [0.717, 1.165) is 24.9 Å². The molecule has 1 heterocycles. The molecule has 132 valence electrons. The van der Waals surface area contributed by atoms with E-state index in [4.69, 9.17) is 5.73 Å². The average Bonchev–Trinajstić information content (AvgIpc) is 2.61. The van der Waals surface area contributed by atoms with E-state index >= 15 is 0 Å². The van der Waals surface area contributed by atoms with E-state index in [9.17, 15) is 9.59 Å². The predicted molar refractivity (Wildman–Crippen MR) is 98.9 cm³/mol. The Morgan fingerprint density at radius 2 is 2.00 bits per heavy atom. The van der Waals surface area contributed by atoms with Gasteiger partial charge in [0.1, 0.15) is 0 Å². The summed E-state index contributed by atoms with van der Waals surface area (Å²) in [6.07, 6.45) is 1.72. The van der Waals surface area contributed by atoms with Crippen molar-refractivity contribution < 1.29 is 9.59 Å². The number of likely N-dealkylation sites (tertiary alicyclic amines) is 1. The van der Waals surface area contributed by atoms with E-state index in [1.807, 2.05) is 24.0 Å². The molecule has 5 heteroatoms. The van der Waals surface area contributed by atoms with Gasteiger partial charge in [-0.15, -0.1) is 0 Å². The highest BCUT2D eigenvalue weighted by Crippen LogP contribution is 2.20. The summed E-state index contributed by atoms with van der Waals surface area (Å²) in [6.45, 7) is 3.71. The summed E-state index contributed by atoms with van der Waals surface area (Å²) in [5.74, 6) is -0.431. The average molecular weight is 339 g/mol. The van der Waals surface area contributed by atoms with Gasteiger partial charge in [0, 0.05) is 6.54 Å². The number of nitrogens with zero attached hydrogens (tertiary/aromatic N) is 1. The van der Waals surface area contributed by atoms with E-state index in [0.29, 0.717) is 13.1 Å². The predicted octanol–water partition coefficient (Wildman–Crippen LogP) is 2.21. The lowest BCUT2D eigenvalue weighted by molar-refractivity contribution is -0.127. The number of carbonyl (C=O) groups is 2. The van der Waals surface area contributed by atoms with Crippen LogP contribution < -0.4 is 11.1 Å². The molecule has 2 aromatic rings. The van der Waals surface area contributed by atoms with Crippen LogP contribution in [0.1, 0.15) is 31.4 Å². The van der Waals surface area contributed by atoms with E-state index in [2.05, 4.69) is 35.6 Å². The Morgan fingerprint density at radius 3 is 2.76 bits per heavy atom. The minimum atomic E-state index is -0.269. The lowest BCUT2D eigenvalue weighted by Crippen LogP contribution is -2.45. The Bertz CT molecular complexity index is 774. The summed E-state index contributed by atoms with van der Waals surface area (Å²) in [4.78, 5) is 25.7. The molecule has 0 aromatic heterocycles. The van der Waals surface area contributed by atoms with Gasteiger partial charge in [0.25, 0.3) is 0 Å². The second-order valence-corrected chi connectivity index (χ2v) is 6.87. The Kier molecular flexibility index (Phi) is 5.34. The number of carbonyl (C=O) groups excluding carboxylic acids is 2. The van der Waals surface area contributed by atoms with Gasteiger partial charge < -0.3 is 11.1 Å². The Hall–Kier alpha value is -2.40. The summed E-state index contributed by atoms with van der Waals surface area (Å²) >= 11 is 0. The number of rotatable bonds is 5. The van der Waals surface area contributed by atoms with Gasteiger partial charge >= 0.3 is 0 Å². The highest BCUT2D eigenvalue weighted by molar-refractivity contribution is 5.83. The molecular weight excluding hydrogens is 314 g/mol. The van der Waals surface area contributed by atoms with E-state index in [1.54, 1.807) is 0 Å². The fraction of sp³-hybridized carbons (Fsp3) is 0.400. The molecule has 0 spiro atoms. The molecule has 1 saturated heterocycles. The summed E-state index contributed by atoms with van der Waals surface area (Å²) in [5, 5.41) is 5.41. The summed E-state index contributed by atoms with van der Waals surface area (Å²) < 4.78 is 0. The third-order valence-electron chi connectivity index (χ3n) is 4.93. The smallest absolute Gasteiger partial charge is 0.234 e. The maximum atomic E-state index is 12.4. The van der Waals surface area contributed by atoms with Crippen molar-refractivity contribution >= 4 is 22.6 Å². The van der Waals surface area contributed by atoms with Crippen molar-refractivity contribution in [2.24, 2.45) is 11.7 Å². The zero-order chi connectivity index (χ0) is 17.8. The van der Waals surface area contributed by atoms with Crippen LogP contribution in [0.2, 0.25) is 0 Å². The van der Waals surface area contributed by atoms with E-state index in [-0.39, 0.29) is 23.8 Å². The first-order chi connectivity index (χ1) is 12.0. The fourth-order valence-corrected chi connectivity index (χ4v) is 3.48. The van der Waals surface area contributed by atoms with Gasteiger partial charge in [0.05, 0.1) is 18.5 Å². The quantitative estimate of drug-likeness (QED) is 0.877. The molecule has 0 radical (unpaired) electrons. The highest BCUT2D eigenvalue weighted by Gasteiger charge is 2.25. The van der Waals surface area contributed by atoms with Crippen molar-refractivity contribution in [1.82, 2.24) is 10.2 Å². The van der Waals surface area contributed by atoms with Crippen LogP contribution in [0.3, 0.4) is 0 Å². The first-order valence-corrected chi connectivity index (χ1v) is 8.82. The highest BCUT2D eigenvalue weighted by atomic mass is 16.2. The molecule has 0 bridgehead atoms. The first kappa shape index (κ1) is 17.4. The Labute approximate surface area is 148 Å². The molecule has 3 N–H and O–H groups in total. The molecule has 25 heavy (non-hydrogen) atoms. The van der Waals surface area contributed by atoms with Crippen molar-refractivity contribution in [3.05, 3.63) is 48.0 Å². The van der Waals surface area contributed by atoms with Crippen LogP contribution in [0.4, 0.5) is 0 Å². The SMILES string of the molecule is C[C@@H](NC(=O)CN1CCC[C@H](C(N)=O)C1)c1ccc2ccccc2c1. The normalized spacial score (nSPS) is 19.5. The topological polar surface area (TPSA) is 75.4 Å². The van der Waals surface area contributed by atoms with Crippen LogP contribution in [-0.4, -0.2) is 36.3 Å². The van der Waals surface area contributed by atoms with Gasteiger partial charge in [-0.05, 0) is 48.7 Å². The van der Waals surface area contributed by atoms with Gasteiger partial charge in [-0.2, -0.15) is 0 Å². The zero-order valence-electron chi connectivity index (χ0n) is 14.6. The largest absolute Gasteiger partial charge is 0.369 e. The molecular formula is C20H25N3O2. The number of nitrogens with one attached hydrogen (secondary N) is 1. The Morgan fingerprint density at radius 1 is 1.24 bits per heavy atom. The molecule has 0 unspecified atom stereocenters. The summed E-state index contributed by atoms with van der Waals surface area (Å²) in [6, 6.07) is 14.4. The van der Waals surface area contributed by atoms with Gasteiger partial charge in [0.15, 0.2) is 0 Å². The van der Waals surface area contributed by atoms with Gasteiger partial charge in [-0.25, -0.2) is 0 Å². The van der Waals surface area contributed by atoms with Crippen molar-refractivity contribution in [2.75, 3.05) is 19.6 Å². The van der Waals surface area contributed by atoms with Gasteiger partial charge in [0.2, 0.25) is 11.8 Å². The van der Waals surface area contributed by atoms with Crippen LogP contribution in [0, 0.1) is 5.92 Å². The first-order valence-electron chi connectivity index (χ1n) is 8.82. The minimum Gasteiger partial charge on any atom is -0.369 e. The van der Waals surface area contributed by atoms with Crippen LogP contribution in [0.5, 0.6) is 0 Å². The number of nitrogens with two attached hydrogens (primary N) is 1. The molecule has 3 rings (SSSR count). The molecule has 1 fully saturated rings. The van der Waals surface area contributed by atoms with Crippen molar-refractivity contribution in [1.29, 1.82) is 0 Å². The van der Waals surface area contributed by atoms with Crippen molar-refractivity contribution in [3.63, 3.8) is 0 Å². The molecule has 2 amide bonds. The zero-order valence-corrected chi connectivity index (χ0v) is 14.6. The van der Waals surface area contributed by atoms with Crippen molar-refractivity contribution in [3.8, 4) is 0 Å². The van der Waals surface area contributed by atoms with Gasteiger partial charge in [-0.1, -0.05) is 36.4 Å². The molecule has 2 atom stereocenters. The maximum Gasteiger partial charge on any atom is 0.234 e. The maximum absolute atomic E-state index is 12.4. The lowest BCUT2D eigenvalue weighted by atomic mass is 9.97. The summed E-state index contributed by atoms with van der Waals surface area (Å²) in [5.41, 5.74) is 6.48. The molecule has 1 aliphatic rings. The second-order valence-electron chi connectivity index (χ2n) is 6.87. The fourth-order valence-electron chi connectivity index (χ4n) is 3.48. The minimum absolute atomic E-state index is 0.0224. The van der Waals surface area contributed by atoms with E-state index < -0.39 is 0 Å². The van der Waals surface area contributed by atoms with Crippen LogP contribution >= 0.6 is 0 Å². The van der Waals surface area contributed by atoms with Crippen LogP contribution in [0.15, 0.2) is 42.5 Å². The standard InChI is InChI=1S/C20H25N3O2/c1-14(16-9-8-15-5-2-3-6-17(15)11-16)22-19(24)13-23-10-4-7-18(12-23)20(21)25/h2-3,5-6,8-9,11,14,18H,4,7,10,12-13H2,1H3,(H2,21,25)(H,22,24)/t14-,18+/m1/s1. The molecule has 0 saturated carbocycles. The molecule has 5 nitrogen and oxygen atoms in total. The van der Waals surface area contributed by atoms with Crippen LogP contribution in [0.25, 0.3) is 10.8 Å². The number of primary amides is 1. The summed E-state index contributed by atoms with van der Waals surface area (Å²) in [7, 11) is 0. The molecule has 2 aromatic carbocycles.